The number of hydrazine groups is 1. The maximum atomic E-state index is 11.9. The summed E-state index contributed by atoms with van der Waals surface area (Å²) in [6, 6.07) is 12.5. The van der Waals surface area contributed by atoms with E-state index in [4.69, 9.17) is 0 Å². The Bertz CT molecular complexity index is 817. The van der Waals surface area contributed by atoms with Gasteiger partial charge in [-0.1, -0.05) is 30.3 Å². The Morgan fingerprint density at radius 2 is 1.65 bits per heavy atom. The second kappa shape index (κ2) is 8.19. The first-order valence-corrected chi connectivity index (χ1v) is 8.49. The Kier molecular flexibility index (Phi) is 5.52. The van der Waals surface area contributed by atoms with Crippen LogP contribution in [0.15, 0.2) is 42.5 Å². The van der Waals surface area contributed by atoms with Crippen molar-refractivity contribution in [2.24, 2.45) is 0 Å². The first kappa shape index (κ1) is 17.5. The van der Waals surface area contributed by atoms with Crippen molar-refractivity contribution < 1.29 is 14.4 Å². The zero-order valence-electron chi connectivity index (χ0n) is 14.2. The molecule has 3 rings (SSSR count). The predicted molar refractivity (Wildman–Crippen MR) is 98.5 cm³/mol. The van der Waals surface area contributed by atoms with Crippen LogP contribution in [0.3, 0.4) is 0 Å². The summed E-state index contributed by atoms with van der Waals surface area (Å²) < 4.78 is 0. The zero-order valence-corrected chi connectivity index (χ0v) is 14.2. The van der Waals surface area contributed by atoms with Crippen LogP contribution in [-0.2, 0) is 4.79 Å². The molecule has 5 amide bonds. The number of hydrogen-bond acceptors (Lipinski definition) is 3. The van der Waals surface area contributed by atoms with Gasteiger partial charge in [-0.3, -0.25) is 10.2 Å². The summed E-state index contributed by atoms with van der Waals surface area (Å²) in [5.74, 6) is -0.508. The van der Waals surface area contributed by atoms with Crippen molar-refractivity contribution in [2.75, 3.05) is 25.0 Å². The standard InChI is InChI=1S/C18H21N5O3/c24-16(12-19-18(26)23-9-3-4-10-23)21-22-17(25)20-15-8-7-13-5-1-2-6-14(13)11-15/h1-2,5-8,11H,3-4,9-10,12H2,(H,19,26)(H,21,24)(H2,20,22,25). The molecule has 0 aliphatic carbocycles. The summed E-state index contributed by atoms with van der Waals surface area (Å²) in [4.78, 5) is 37.0. The normalized spacial score (nSPS) is 13.3. The number of nitrogens with one attached hydrogen (secondary N) is 4. The zero-order chi connectivity index (χ0) is 18.4. The van der Waals surface area contributed by atoms with Crippen LogP contribution in [0.4, 0.5) is 15.3 Å². The number of fused-ring (bicyclic) bond motifs is 1. The van der Waals surface area contributed by atoms with Crippen molar-refractivity contribution >= 4 is 34.4 Å². The number of urea groups is 2. The van der Waals surface area contributed by atoms with Gasteiger partial charge in [-0.25, -0.2) is 15.0 Å². The van der Waals surface area contributed by atoms with Gasteiger partial charge < -0.3 is 15.5 Å². The van der Waals surface area contributed by atoms with Crippen LogP contribution < -0.4 is 21.5 Å². The highest BCUT2D eigenvalue weighted by Crippen LogP contribution is 2.18. The number of carbonyl (C=O) groups is 3. The van der Waals surface area contributed by atoms with Crippen LogP contribution in [0.2, 0.25) is 0 Å². The number of rotatable bonds is 3. The van der Waals surface area contributed by atoms with E-state index in [2.05, 4.69) is 21.5 Å². The third kappa shape index (κ3) is 4.62. The number of hydrogen-bond donors (Lipinski definition) is 4. The molecular weight excluding hydrogens is 334 g/mol. The summed E-state index contributed by atoms with van der Waals surface area (Å²) in [6.07, 6.45) is 1.96. The minimum Gasteiger partial charge on any atom is -0.329 e. The van der Waals surface area contributed by atoms with Gasteiger partial charge in [0.25, 0.3) is 5.91 Å². The molecule has 1 aliphatic rings. The number of anilines is 1. The molecule has 8 nitrogen and oxygen atoms in total. The highest BCUT2D eigenvalue weighted by molar-refractivity contribution is 5.94. The molecule has 2 aromatic carbocycles. The van der Waals surface area contributed by atoms with Gasteiger partial charge >= 0.3 is 12.1 Å². The molecule has 136 valence electrons. The number of nitrogens with zero attached hydrogens (tertiary/aromatic N) is 1. The van der Waals surface area contributed by atoms with Gasteiger partial charge in [-0.05, 0) is 35.7 Å². The van der Waals surface area contributed by atoms with Gasteiger partial charge in [-0.15, -0.1) is 0 Å². The average Bonchev–Trinajstić information content (AvgIpc) is 3.19. The smallest absolute Gasteiger partial charge is 0.329 e. The Balaban J connectivity index is 1.41. The van der Waals surface area contributed by atoms with Crippen molar-refractivity contribution in [3.63, 3.8) is 0 Å². The molecule has 1 saturated heterocycles. The van der Waals surface area contributed by atoms with Crippen molar-refractivity contribution in [1.82, 2.24) is 21.1 Å². The lowest BCUT2D eigenvalue weighted by molar-refractivity contribution is -0.120. The molecule has 0 saturated carbocycles. The highest BCUT2D eigenvalue weighted by Gasteiger charge is 2.18. The summed E-state index contributed by atoms with van der Waals surface area (Å²) in [6.45, 7) is 1.21. The maximum Gasteiger partial charge on any atom is 0.337 e. The molecule has 1 fully saturated rings. The molecular formula is C18H21N5O3. The lowest BCUT2D eigenvalue weighted by Crippen LogP contribution is -2.49. The number of likely N-dealkylation sites (tertiary alicyclic amines) is 1. The Morgan fingerprint density at radius 1 is 0.923 bits per heavy atom. The van der Waals surface area contributed by atoms with Crippen molar-refractivity contribution in [2.45, 2.75) is 12.8 Å². The molecule has 0 radical (unpaired) electrons. The minimum absolute atomic E-state index is 0.203. The van der Waals surface area contributed by atoms with Gasteiger partial charge in [0.05, 0.1) is 0 Å². The average molecular weight is 355 g/mol. The molecule has 1 aliphatic heterocycles. The van der Waals surface area contributed by atoms with Gasteiger partial charge in [0, 0.05) is 18.8 Å². The van der Waals surface area contributed by atoms with Crippen LogP contribution in [0.25, 0.3) is 10.8 Å². The van der Waals surface area contributed by atoms with Crippen molar-refractivity contribution in [1.29, 1.82) is 0 Å². The van der Waals surface area contributed by atoms with Gasteiger partial charge in [-0.2, -0.15) is 0 Å². The molecule has 0 bridgehead atoms. The Labute approximate surface area is 150 Å². The molecule has 4 N–H and O–H groups in total. The molecule has 8 heteroatoms. The number of benzene rings is 2. The quantitative estimate of drug-likeness (QED) is 0.631. The minimum atomic E-state index is -0.570. The molecule has 0 spiro atoms. The Morgan fingerprint density at radius 3 is 2.42 bits per heavy atom. The molecule has 26 heavy (non-hydrogen) atoms. The highest BCUT2D eigenvalue weighted by atomic mass is 16.2. The Hall–Kier alpha value is -3.29. The van der Waals surface area contributed by atoms with Crippen molar-refractivity contribution in [3.05, 3.63) is 42.5 Å². The molecule has 0 unspecified atom stereocenters. The van der Waals surface area contributed by atoms with E-state index in [1.165, 1.54) is 0 Å². The van der Waals surface area contributed by atoms with Crippen LogP contribution in [0.1, 0.15) is 12.8 Å². The van der Waals surface area contributed by atoms with E-state index < -0.39 is 11.9 Å². The first-order chi connectivity index (χ1) is 12.6. The van der Waals surface area contributed by atoms with E-state index in [9.17, 15) is 14.4 Å². The van der Waals surface area contributed by atoms with E-state index in [-0.39, 0.29) is 12.6 Å². The van der Waals surface area contributed by atoms with Crippen LogP contribution in [-0.4, -0.2) is 42.5 Å². The first-order valence-electron chi connectivity index (χ1n) is 8.49. The van der Waals surface area contributed by atoms with E-state index in [0.717, 1.165) is 23.6 Å². The topological polar surface area (TPSA) is 103 Å². The van der Waals surface area contributed by atoms with Crippen LogP contribution in [0.5, 0.6) is 0 Å². The fourth-order valence-corrected chi connectivity index (χ4v) is 2.79. The summed E-state index contributed by atoms with van der Waals surface area (Å²) >= 11 is 0. The molecule has 0 atom stereocenters. The second-order valence-electron chi connectivity index (χ2n) is 6.04. The number of amides is 5. The lowest BCUT2D eigenvalue weighted by Gasteiger charge is -2.16. The van der Waals surface area contributed by atoms with Crippen LogP contribution >= 0.6 is 0 Å². The maximum absolute atomic E-state index is 11.9. The third-order valence-corrected chi connectivity index (χ3v) is 4.12. The van der Waals surface area contributed by atoms with Gasteiger partial charge in [0.15, 0.2) is 0 Å². The van der Waals surface area contributed by atoms with Gasteiger partial charge in [0.1, 0.15) is 6.54 Å². The predicted octanol–water partition coefficient (Wildman–Crippen LogP) is 1.80. The van der Waals surface area contributed by atoms with E-state index in [1.807, 2.05) is 36.4 Å². The monoisotopic (exact) mass is 355 g/mol. The molecule has 1 heterocycles. The summed E-state index contributed by atoms with van der Waals surface area (Å²) in [5, 5.41) is 7.23. The second-order valence-corrected chi connectivity index (χ2v) is 6.04. The third-order valence-electron chi connectivity index (χ3n) is 4.12. The van der Waals surface area contributed by atoms with E-state index in [1.54, 1.807) is 11.0 Å². The number of carbonyl (C=O) groups excluding carboxylic acids is 3. The van der Waals surface area contributed by atoms with E-state index in [0.29, 0.717) is 18.8 Å². The van der Waals surface area contributed by atoms with Crippen molar-refractivity contribution in [3.8, 4) is 0 Å². The fourth-order valence-electron chi connectivity index (χ4n) is 2.79. The largest absolute Gasteiger partial charge is 0.337 e. The van der Waals surface area contributed by atoms with Gasteiger partial charge in [0.2, 0.25) is 0 Å². The SMILES string of the molecule is O=C(CNC(=O)N1CCCC1)NNC(=O)Nc1ccc2ccccc2c1. The fraction of sp³-hybridized carbons (Fsp3) is 0.278. The summed E-state index contributed by atoms with van der Waals surface area (Å²) in [5.41, 5.74) is 5.12. The molecule has 0 aromatic heterocycles. The molecule has 2 aromatic rings. The summed E-state index contributed by atoms with van der Waals surface area (Å²) in [7, 11) is 0. The van der Waals surface area contributed by atoms with E-state index >= 15 is 0 Å². The lowest BCUT2D eigenvalue weighted by atomic mass is 10.1. The van der Waals surface area contributed by atoms with Crippen LogP contribution in [0, 0.1) is 0 Å².